The lowest BCUT2D eigenvalue weighted by molar-refractivity contribution is 0.0313. The van der Waals surface area contributed by atoms with E-state index in [-0.39, 0.29) is 5.91 Å². The van der Waals surface area contributed by atoms with Crippen molar-refractivity contribution < 1.29 is 19.1 Å². The number of hydrogen-bond acceptors (Lipinski definition) is 5. The third-order valence-electron chi connectivity index (χ3n) is 4.65. The predicted octanol–water partition coefficient (Wildman–Crippen LogP) is 2.31. The number of ether oxygens (including phenoxy) is 1. The van der Waals surface area contributed by atoms with E-state index in [9.17, 15) is 9.90 Å². The van der Waals surface area contributed by atoms with Gasteiger partial charge < -0.3 is 19.2 Å². The van der Waals surface area contributed by atoms with Crippen molar-refractivity contribution >= 4 is 5.91 Å². The van der Waals surface area contributed by atoms with Crippen molar-refractivity contribution in [1.29, 1.82) is 0 Å². The molecule has 1 fully saturated rings. The number of aliphatic hydroxyl groups is 1. The van der Waals surface area contributed by atoms with E-state index in [1.807, 2.05) is 36.4 Å². The van der Waals surface area contributed by atoms with Gasteiger partial charge in [0.25, 0.3) is 5.91 Å². The minimum absolute atomic E-state index is 0.0951. The highest BCUT2D eigenvalue weighted by molar-refractivity contribution is 5.93. The number of amides is 1. The number of morpholine rings is 1. The molecule has 140 valence electrons. The number of furan rings is 1. The molecule has 6 nitrogen and oxygen atoms in total. The summed E-state index contributed by atoms with van der Waals surface area (Å²) in [4.78, 5) is 16.4. The lowest BCUT2D eigenvalue weighted by atomic mass is 10.1. The molecule has 0 spiro atoms. The summed E-state index contributed by atoms with van der Waals surface area (Å²) in [5, 5.41) is 10.2. The number of nitrogens with zero attached hydrogens (tertiary/aromatic N) is 2. The fourth-order valence-electron chi connectivity index (χ4n) is 3.04. The summed E-state index contributed by atoms with van der Waals surface area (Å²) in [6.07, 6.45) is 1.43. The Morgan fingerprint density at radius 1 is 1.27 bits per heavy atom. The summed E-state index contributed by atoms with van der Waals surface area (Å²) in [7, 11) is 1.74. The Hall–Kier alpha value is -2.15. The molecule has 0 aliphatic carbocycles. The molecule has 0 unspecified atom stereocenters. The van der Waals surface area contributed by atoms with Crippen molar-refractivity contribution in [2.75, 3.05) is 39.9 Å². The van der Waals surface area contributed by atoms with Gasteiger partial charge in [0.2, 0.25) is 0 Å². The molecule has 1 aliphatic rings. The number of carbonyl (C=O) groups excluding carboxylic acids is 1. The Kier molecular flexibility index (Phi) is 6.44. The van der Waals surface area contributed by atoms with Crippen LogP contribution in [0.1, 0.15) is 34.2 Å². The summed E-state index contributed by atoms with van der Waals surface area (Å²) < 4.78 is 10.9. The second kappa shape index (κ2) is 8.98. The largest absolute Gasteiger partial charge is 0.467 e. The van der Waals surface area contributed by atoms with Gasteiger partial charge in [0.1, 0.15) is 12.0 Å². The van der Waals surface area contributed by atoms with Crippen molar-refractivity contribution in [3.63, 3.8) is 0 Å². The minimum Gasteiger partial charge on any atom is -0.467 e. The van der Waals surface area contributed by atoms with E-state index in [1.54, 1.807) is 11.9 Å². The van der Waals surface area contributed by atoms with E-state index in [0.29, 0.717) is 25.1 Å². The van der Waals surface area contributed by atoms with Crippen LogP contribution in [0.15, 0.2) is 47.1 Å². The fraction of sp³-hybridized carbons (Fsp3) is 0.450. The van der Waals surface area contributed by atoms with E-state index in [0.717, 1.165) is 37.6 Å². The molecule has 1 saturated heterocycles. The van der Waals surface area contributed by atoms with Gasteiger partial charge in [-0.25, -0.2) is 0 Å². The van der Waals surface area contributed by atoms with Crippen LogP contribution in [0.3, 0.4) is 0 Å². The Morgan fingerprint density at radius 3 is 2.73 bits per heavy atom. The van der Waals surface area contributed by atoms with Gasteiger partial charge in [-0.2, -0.15) is 0 Å². The highest BCUT2D eigenvalue weighted by Crippen LogP contribution is 2.18. The molecule has 26 heavy (non-hydrogen) atoms. The zero-order valence-corrected chi connectivity index (χ0v) is 15.1. The molecule has 2 aromatic rings. The molecule has 0 bridgehead atoms. The first-order chi connectivity index (χ1) is 12.6. The number of aliphatic hydroxyl groups excluding tert-OH is 1. The van der Waals surface area contributed by atoms with E-state index in [4.69, 9.17) is 9.15 Å². The van der Waals surface area contributed by atoms with Crippen molar-refractivity contribution in [3.8, 4) is 0 Å². The van der Waals surface area contributed by atoms with Crippen molar-refractivity contribution in [1.82, 2.24) is 9.80 Å². The first kappa shape index (κ1) is 18.6. The SMILES string of the molecule is CN(CC[C@@H](O)c1ccccc1)C(=O)c1coc(CN2CCOCC2)c1. The van der Waals surface area contributed by atoms with E-state index in [1.165, 1.54) is 6.26 Å². The topological polar surface area (TPSA) is 66.2 Å². The van der Waals surface area contributed by atoms with Gasteiger partial charge in [-0.3, -0.25) is 9.69 Å². The number of rotatable bonds is 7. The van der Waals surface area contributed by atoms with Crippen LogP contribution >= 0.6 is 0 Å². The van der Waals surface area contributed by atoms with Crippen LogP contribution < -0.4 is 0 Å². The predicted molar refractivity (Wildman–Crippen MR) is 97.8 cm³/mol. The Labute approximate surface area is 154 Å². The molecule has 2 heterocycles. The number of hydrogen-bond donors (Lipinski definition) is 1. The summed E-state index contributed by atoms with van der Waals surface area (Å²) >= 11 is 0. The zero-order valence-electron chi connectivity index (χ0n) is 15.1. The standard InChI is InChI=1S/C20H26N2O4/c1-21(8-7-19(23)16-5-3-2-4-6-16)20(24)17-13-18(26-15-17)14-22-9-11-25-12-10-22/h2-6,13,15,19,23H,7-12,14H2,1H3/t19-/m1/s1. The highest BCUT2D eigenvalue weighted by Gasteiger charge is 2.18. The molecule has 1 amide bonds. The van der Waals surface area contributed by atoms with Crippen molar-refractivity contribution in [3.05, 3.63) is 59.5 Å². The quantitative estimate of drug-likeness (QED) is 0.823. The average Bonchev–Trinajstić information content (AvgIpc) is 3.15. The fourth-order valence-corrected chi connectivity index (χ4v) is 3.04. The van der Waals surface area contributed by atoms with E-state index < -0.39 is 6.10 Å². The second-order valence-corrected chi connectivity index (χ2v) is 6.63. The normalized spacial score (nSPS) is 16.4. The summed E-state index contributed by atoms with van der Waals surface area (Å²) in [5.41, 5.74) is 1.41. The Balaban J connectivity index is 1.50. The monoisotopic (exact) mass is 358 g/mol. The summed E-state index contributed by atoms with van der Waals surface area (Å²) in [5.74, 6) is 0.690. The zero-order chi connectivity index (χ0) is 18.4. The Morgan fingerprint density at radius 2 is 2.00 bits per heavy atom. The highest BCUT2D eigenvalue weighted by atomic mass is 16.5. The smallest absolute Gasteiger partial charge is 0.256 e. The maximum Gasteiger partial charge on any atom is 0.256 e. The Bertz CT molecular complexity index is 695. The molecule has 1 N–H and O–H groups in total. The second-order valence-electron chi connectivity index (χ2n) is 6.63. The van der Waals surface area contributed by atoms with Gasteiger partial charge in [0.15, 0.2) is 0 Å². The summed E-state index contributed by atoms with van der Waals surface area (Å²) in [6, 6.07) is 11.3. The van der Waals surface area contributed by atoms with Gasteiger partial charge in [-0.05, 0) is 18.1 Å². The summed E-state index contributed by atoms with van der Waals surface area (Å²) in [6.45, 7) is 4.38. The van der Waals surface area contributed by atoms with Crippen LogP contribution in [0.25, 0.3) is 0 Å². The molecule has 6 heteroatoms. The molecule has 1 aromatic heterocycles. The molecule has 3 rings (SSSR count). The lowest BCUT2D eigenvalue weighted by Gasteiger charge is -2.25. The molecule has 1 aliphatic heterocycles. The third kappa shape index (κ3) is 4.94. The maximum atomic E-state index is 12.5. The maximum absolute atomic E-state index is 12.5. The molecular formula is C20H26N2O4. The molecule has 0 saturated carbocycles. The van der Waals surface area contributed by atoms with Gasteiger partial charge in [0.05, 0.1) is 31.4 Å². The van der Waals surface area contributed by atoms with Gasteiger partial charge in [-0.15, -0.1) is 0 Å². The number of benzene rings is 1. The molecule has 1 atom stereocenters. The van der Waals surface area contributed by atoms with Crippen LogP contribution in [0.5, 0.6) is 0 Å². The van der Waals surface area contributed by atoms with Crippen LogP contribution in [-0.2, 0) is 11.3 Å². The third-order valence-corrected chi connectivity index (χ3v) is 4.65. The molecular weight excluding hydrogens is 332 g/mol. The number of carbonyl (C=O) groups is 1. The molecule has 0 radical (unpaired) electrons. The van der Waals surface area contributed by atoms with E-state index in [2.05, 4.69) is 4.90 Å². The van der Waals surface area contributed by atoms with Gasteiger partial charge >= 0.3 is 0 Å². The first-order valence-electron chi connectivity index (χ1n) is 8.99. The first-order valence-corrected chi connectivity index (χ1v) is 8.99. The average molecular weight is 358 g/mol. The van der Waals surface area contributed by atoms with Crippen LogP contribution in [-0.4, -0.2) is 60.7 Å². The lowest BCUT2D eigenvalue weighted by Crippen LogP contribution is -2.35. The van der Waals surface area contributed by atoms with Gasteiger partial charge in [-0.1, -0.05) is 30.3 Å². The van der Waals surface area contributed by atoms with Gasteiger partial charge in [0, 0.05) is 26.7 Å². The van der Waals surface area contributed by atoms with Crippen LogP contribution in [0, 0.1) is 0 Å². The molecule has 1 aromatic carbocycles. The van der Waals surface area contributed by atoms with Crippen molar-refractivity contribution in [2.45, 2.75) is 19.1 Å². The van der Waals surface area contributed by atoms with Crippen LogP contribution in [0.2, 0.25) is 0 Å². The van der Waals surface area contributed by atoms with Crippen LogP contribution in [0.4, 0.5) is 0 Å². The minimum atomic E-state index is -0.576. The van der Waals surface area contributed by atoms with E-state index >= 15 is 0 Å². The van der Waals surface area contributed by atoms with Crippen molar-refractivity contribution in [2.24, 2.45) is 0 Å².